The third kappa shape index (κ3) is 7.46. The number of hydrogen-bond acceptors (Lipinski definition) is 6. The van der Waals surface area contributed by atoms with Gasteiger partial charge in [0.15, 0.2) is 0 Å². The number of benzene rings is 1. The molecule has 1 aliphatic heterocycles. The van der Waals surface area contributed by atoms with Crippen LogP contribution in [0.3, 0.4) is 0 Å². The molecular weight excluding hydrogens is 484 g/mol. The molecule has 0 fully saturated rings. The van der Waals surface area contributed by atoms with Gasteiger partial charge < -0.3 is 24.8 Å². The van der Waals surface area contributed by atoms with Gasteiger partial charge in [-0.15, -0.1) is 0 Å². The minimum atomic E-state index is -0.312. The van der Waals surface area contributed by atoms with Gasteiger partial charge in [-0.3, -0.25) is 14.4 Å². The predicted molar refractivity (Wildman–Crippen MR) is 136 cm³/mol. The standard InChI is InChI=1S/C26H35ClN4O5/c1-16(2)22-15-35-23-9-7-19(27)13-21(23)26(34)28-11-5-6-12-31(14-24(32)29-22)25(33)10-8-20-17(3)30-36-18(20)4/h7,9,13,16,22H,5-6,8,10-12,14-15H2,1-4H3,(H,28,34)(H,29,32)/t22-/m1/s1. The van der Waals surface area contributed by atoms with Crippen LogP contribution in [0.25, 0.3) is 0 Å². The maximum Gasteiger partial charge on any atom is 0.255 e. The summed E-state index contributed by atoms with van der Waals surface area (Å²) in [5.41, 5.74) is 2.04. The van der Waals surface area contributed by atoms with Crippen LogP contribution in [0, 0.1) is 19.8 Å². The summed E-state index contributed by atoms with van der Waals surface area (Å²) in [5.74, 6) is 0.537. The number of nitrogens with one attached hydrogen (secondary N) is 2. The molecule has 0 radical (unpaired) electrons. The summed E-state index contributed by atoms with van der Waals surface area (Å²) in [6.07, 6.45) is 2.03. The molecule has 36 heavy (non-hydrogen) atoms. The van der Waals surface area contributed by atoms with E-state index in [2.05, 4.69) is 15.8 Å². The van der Waals surface area contributed by atoms with Gasteiger partial charge in [0.05, 0.1) is 23.8 Å². The van der Waals surface area contributed by atoms with Crippen LogP contribution < -0.4 is 15.4 Å². The van der Waals surface area contributed by atoms with E-state index in [1.165, 1.54) is 0 Å². The molecule has 2 N–H and O–H groups in total. The number of carbonyl (C=O) groups is 3. The van der Waals surface area contributed by atoms with Crippen molar-refractivity contribution >= 4 is 29.3 Å². The van der Waals surface area contributed by atoms with Crippen LogP contribution in [-0.2, 0) is 16.0 Å². The smallest absolute Gasteiger partial charge is 0.255 e. The highest BCUT2D eigenvalue weighted by Crippen LogP contribution is 2.24. The molecule has 0 saturated carbocycles. The highest BCUT2D eigenvalue weighted by atomic mass is 35.5. The van der Waals surface area contributed by atoms with Gasteiger partial charge >= 0.3 is 0 Å². The summed E-state index contributed by atoms with van der Waals surface area (Å²) in [7, 11) is 0. The first kappa shape index (κ1) is 27.5. The Morgan fingerprint density at radius 2 is 2.03 bits per heavy atom. The number of aromatic nitrogens is 1. The summed E-state index contributed by atoms with van der Waals surface area (Å²) in [4.78, 5) is 40.4. The van der Waals surface area contributed by atoms with E-state index in [1.54, 1.807) is 23.1 Å². The largest absolute Gasteiger partial charge is 0.491 e. The second kappa shape index (κ2) is 12.8. The zero-order valence-electron chi connectivity index (χ0n) is 21.4. The monoisotopic (exact) mass is 518 g/mol. The van der Waals surface area contributed by atoms with Crippen molar-refractivity contribution in [2.75, 3.05) is 26.2 Å². The van der Waals surface area contributed by atoms with Crippen molar-refractivity contribution < 1.29 is 23.6 Å². The third-order valence-electron chi connectivity index (χ3n) is 6.35. The molecule has 0 bridgehead atoms. The average molecular weight is 519 g/mol. The van der Waals surface area contributed by atoms with Gasteiger partial charge in [-0.2, -0.15) is 0 Å². The Labute approximate surface area is 216 Å². The summed E-state index contributed by atoms with van der Waals surface area (Å²) in [6, 6.07) is 4.59. The number of halogens is 1. The summed E-state index contributed by atoms with van der Waals surface area (Å²) >= 11 is 6.12. The Bertz CT molecular complexity index is 1060. The number of rotatable bonds is 4. The van der Waals surface area contributed by atoms with E-state index in [0.29, 0.717) is 54.4 Å². The molecule has 1 aliphatic rings. The Morgan fingerprint density at radius 3 is 2.72 bits per heavy atom. The summed E-state index contributed by atoms with van der Waals surface area (Å²) < 4.78 is 11.2. The first-order valence-electron chi connectivity index (χ1n) is 12.3. The van der Waals surface area contributed by atoms with E-state index < -0.39 is 0 Å². The van der Waals surface area contributed by atoms with E-state index in [-0.39, 0.29) is 49.3 Å². The molecule has 3 amide bonds. The zero-order chi connectivity index (χ0) is 26.2. The molecule has 3 rings (SSSR count). The first-order valence-corrected chi connectivity index (χ1v) is 12.7. The van der Waals surface area contributed by atoms with Crippen LogP contribution in [0.15, 0.2) is 22.7 Å². The molecule has 2 aromatic rings. The molecule has 0 spiro atoms. The number of amides is 3. The van der Waals surface area contributed by atoms with Crippen LogP contribution in [-0.4, -0.2) is 60.1 Å². The number of ether oxygens (including phenoxy) is 1. The molecule has 0 unspecified atom stereocenters. The zero-order valence-corrected chi connectivity index (χ0v) is 22.1. The molecule has 196 valence electrons. The van der Waals surface area contributed by atoms with Crippen molar-refractivity contribution in [3.8, 4) is 5.75 Å². The van der Waals surface area contributed by atoms with Gasteiger partial charge in [-0.1, -0.05) is 30.6 Å². The van der Waals surface area contributed by atoms with Gasteiger partial charge in [-0.05, 0) is 57.2 Å². The SMILES string of the molecule is Cc1noc(C)c1CCC(=O)N1CCCCNC(=O)c2cc(Cl)ccc2OC[C@H](C(C)C)NC(=O)C1. The lowest BCUT2D eigenvalue weighted by Crippen LogP contribution is -2.48. The lowest BCUT2D eigenvalue weighted by Gasteiger charge is -2.26. The third-order valence-corrected chi connectivity index (χ3v) is 6.59. The fourth-order valence-corrected chi connectivity index (χ4v) is 4.25. The molecule has 0 saturated heterocycles. The Balaban J connectivity index is 1.74. The Morgan fingerprint density at radius 1 is 1.25 bits per heavy atom. The predicted octanol–water partition coefficient (Wildman–Crippen LogP) is 3.45. The van der Waals surface area contributed by atoms with Gasteiger partial charge in [-0.25, -0.2) is 0 Å². The van der Waals surface area contributed by atoms with Crippen molar-refractivity contribution in [3.05, 3.63) is 45.8 Å². The molecule has 10 heteroatoms. The van der Waals surface area contributed by atoms with Crippen LogP contribution in [0.5, 0.6) is 5.75 Å². The van der Waals surface area contributed by atoms with Crippen LogP contribution >= 0.6 is 11.6 Å². The molecule has 0 aliphatic carbocycles. The van der Waals surface area contributed by atoms with Crippen LogP contribution in [0.4, 0.5) is 0 Å². The van der Waals surface area contributed by atoms with E-state index in [0.717, 1.165) is 11.3 Å². The summed E-state index contributed by atoms with van der Waals surface area (Å²) in [5, 5.41) is 10.3. The molecule has 9 nitrogen and oxygen atoms in total. The first-order chi connectivity index (χ1) is 17.2. The number of fused-ring (bicyclic) bond motifs is 1. The Hall–Kier alpha value is -3.07. The van der Waals surface area contributed by atoms with Crippen molar-refractivity contribution in [1.82, 2.24) is 20.7 Å². The molecule has 1 aromatic heterocycles. The lowest BCUT2D eigenvalue weighted by molar-refractivity contribution is -0.136. The second-order valence-corrected chi connectivity index (χ2v) is 9.89. The number of aryl methyl sites for hydroxylation is 2. The quantitative estimate of drug-likeness (QED) is 0.641. The fourth-order valence-electron chi connectivity index (χ4n) is 4.08. The van der Waals surface area contributed by atoms with Gasteiger partial charge in [0, 0.05) is 30.1 Å². The van der Waals surface area contributed by atoms with E-state index >= 15 is 0 Å². The normalized spacial score (nSPS) is 17.9. The minimum Gasteiger partial charge on any atom is -0.491 e. The van der Waals surface area contributed by atoms with Crippen LogP contribution in [0.1, 0.15) is 60.5 Å². The maximum absolute atomic E-state index is 13.1. The van der Waals surface area contributed by atoms with Crippen molar-refractivity contribution in [2.45, 2.75) is 59.4 Å². The number of carbonyl (C=O) groups excluding carboxylic acids is 3. The number of nitrogens with zero attached hydrogens (tertiary/aromatic N) is 2. The number of hydrogen-bond donors (Lipinski definition) is 2. The van der Waals surface area contributed by atoms with Crippen molar-refractivity contribution in [1.29, 1.82) is 0 Å². The van der Waals surface area contributed by atoms with Gasteiger partial charge in [0.25, 0.3) is 5.91 Å². The molecule has 1 atom stereocenters. The van der Waals surface area contributed by atoms with Crippen LogP contribution in [0.2, 0.25) is 5.02 Å². The minimum absolute atomic E-state index is 0.0395. The highest BCUT2D eigenvalue weighted by molar-refractivity contribution is 6.31. The lowest BCUT2D eigenvalue weighted by atomic mass is 10.1. The van der Waals surface area contributed by atoms with Crippen molar-refractivity contribution in [3.63, 3.8) is 0 Å². The topological polar surface area (TPSA) is 114 Å². The second-order valence-electron chi connectivity index (χ2n) is 9.45. The molecule has 2 heterocycles. The van der Waals surface area contributed by atoms with Gasteiger partial charge in [0.1, 0.15) is 18.1 Å². The maximum atomic E-state index is 13.1. The van der Waals surface area contributed by atoms with E-state index in [4.69, 9.17) is 20.9 Å². The summed E-state index contributed by atoms with van der Waals surface area (Å²) in [6.45, 7) is 8.60. The fraction of sp³-hybridized carbons (Fsp3) is 0.538. The molecule has 1 aromatic carbocycles. The van der Waals surface area contributed by atoms with Crippen molar-refractivity contribution in [2.24, 2.45) is 5.92 Å². The average Bonchev–Trinajstić information content (AvgIpc) is 3.15. The Kier molecular flexibility index (Phi) is 9.75. The van der Waals surface area contributed by atoms with E-state index in [9.17, 15) is 14.4 Å². The molecular formula is C26H35ClN4O5. The van der Waals surface area contributed by atoms with Gasteiger partial charge in [0.2, 0.25) is 11.8 Å². The van der Waals surface area contributed by atoms with E-state index in [1.807, 2.05) is 27.7 Å². The highest BCUT2D eigenvalue weighted by Gasteiger charge is 2.23.